The second kappa shape index (κ2) is 7.19. The molecule has 2 aliphatic carbocycles. The van der Waals surface area contributed by atoms with Crippen LogP contribution >= 0.6 is 0 Å². The molecule has 0 unspecified atom stereocenters. The first-order valence-electron chi connectivity index (χ1n) is 8.92. The van der Waals surface area contributed by atoms with E-state index in [4.69, 9.17) is 4.74 Å². The molecule has 2 aliphatic rings. The number of nitrogens with one attached hydrogen (secondary N) is 1. The van der Waals surface area contributed by atoms with Crippen molar-refractivity contribution in [1.29, 1.82) is 0 Å². The summed E-state index contributed by atoms with van der Waals surface area (Å²) in [6, 6.07) is 7.90. The molecule has 1 aromatic carbocycles. The fourth-order valence-electron chi connectivity index (χ4n) is 3.43. The first kappa shape index (κ1) is 17.2. The van der Waals surface area contributed by atoms with Crippen molar-refractivity contribution in [2.75, 3.05) is 7.11 Å². The lowest BCUT2D eigenvalue weighted by Gasteiger charge is -2.06. The molecule has 2 aromatic heterocycles. The van der Waals surface area contributed by atoms with Crippen LogP contribution in [-0.4, -0.2) is 38.7 Å². The highest BCUT2D eigenvalue weighted by atomic mass is 16.5. The largest absolute Gasteiger partial charge is 0.497 e. The molecule has 0 spiro atoms. The van der Waals surface area contributed by atoms with Gasteiger partial charge in [-0.05, 0) is 30.5 Å². The monoisotopic (exact) mass is 364 g/mol. The van der Waals surface area contributed by atoms with Crippen molar-refractivity contribution in [3.8, 4) is 5.75 Å². The minimum atomic E-state index is 0.214. The number of aromatic amines is 1. The van der Waals surface area contributed by atoms with Crippen LogP contribution in [0.1, 0.15) is 50.5 Å². The number of methoxy groups -OCH3 is 1. The van der Waals surface area contributed by atoms with E-state index in [0.29, 0.717) is 19.4 Å². The molecule has 0 aliphatic heterocycles. The number of carbonyl (C=O) groups excluding carboxylic acids is 2. The van der Waals surface area contributed by atoms with Gasteiger partial charge in [-0.2, -0.15) is 10.2 Å². The van der Waals surface area contributed by atoms with E-state index in [1.807, 2.05) is 28.9 Å². The van der Waals surface area contributed by atoms with Crippen molar-refractivity contribution in [1.82, 2.24) is 20.0 Å². The topological polar surface area (TPSA) is 89.9 Å². The minimum absolute atomic E-state index is 0.214. The van der Waals surface area contributed by atoms with E-state index in [9.17, 15) is 9.59 Å². The molecule has 138 valence electrons. The molecular weight excluding hydrogens is 344 g/mol. The van der Waals surface area contributed by atoms with Gasteiger partial charge < -0.3 is 4.74 Å². The van der Waals surface area contributed by atoms with Gasteiger partial charge >= 0.3 is 0 Å². The Balaban J connectivity index is 0.000000167. The Morgan fingerprint density at radius 1 is 1.00 bits per heavy atom. The maximum Gasteiger partial charge on any atom is 0.166 e. The summed E-state index contributed by atoms with van der Waals surface area (Å²) >= 11 is 0. The Kier molecular flexibility index (Phi) is 4.58. The van der Waals surface area contributed by atoms with Crippen LogP contribution in [-0.2, 0) is 19.4 Å². The number of Topliss-reactive ketones (excluding diaryl/α,β-unsaturated/α-hetero) is 2. The SMILES string of the molecule is COc1ccc(Cn2ncc3c2CCC3=O)cc1.O=C1CCc2[nH]ncc21. The second-order valence-corrected chi connectivity index (χ2v) is 6.62. The number of aryl methyl sites for hydroxylation is 1. The third kappa shape index (κ3) is 3.40. The molecule has 0 bridgehead atoms. The molecular formula is C20H20N4O3. The Morgan fingerprint density at radius 2 is 1.74 bits per heavy atom. The zero-order valence-electron chi connectivity index (χ0n) is 15.1. The van der Waals surface area contributed by atoms with Gasteiger partial charge in [-0.3, -0.25) is 19.4 Å². The second-order valence-electron chi connectivity index (χ2n) is 6.62. The zero-order chi connectivity index (χ0) is 18.8. The zero-order valence-corrected chi connectivity index (χ0v) is 15.1. The highest BCUT2D eigenvalue weighted by Gasteiger charge is 2.24. The number of carbonyl (C=O) groups is 2. The maximum absolute atomic E-state index is 11.5. The van der Waals surface area contributed by atoms with Gasteiger partial charge in [0.1, 0.15) is 5.75 Å². The number of ether oxygens (including phenoxy) is 1. The summed E-state index contributed by atoms with van der Waals surface area (Å²) in [5, 5.41) is 10.8. The number of aromatic nitrogens is 4. The number of fused-ring (bicyclic) bond motifs is 2. The maximum atomic E-state index is 11.5. The molecule has 0 saturated carbocycles. The van der Waals surface area contributed by atoms with Gasteiger partial charge in [0.15, 0.2) is 11.6 Å². The standard InChI is InChI=1S/C14H14N2O2.C6H6N2O/c1-18-11-4-2-10(3-5-11)9-16-13-6-7-14(17)12(13)8-15-16;9-6-2-1-5-4(6)3-7-8-5/h2-5,8H,6-7,9H2,1H3;3H,1-2H2,(H,7,8). The predicted octanol–water partition coefficient (Wildman–Crippen LogP) is 2.61. The van der Waals surface area contributed by atoms with Crippen molar-refractivity contribution in [2.45, 2.75) is 32.2 Å². The van der Waals surface area contributed by atoms with Crippen LogP contribution in [0.2, 0.25) is 0 Å². The molecule has 7 heteroatoms. The lowest BCUT2D eigenvalue weighted by atomic mass is 10.2. The number of rotatable bonds is 3. The van der Waals surface area contributed by atoms with Crippen LogP contribution in [0.25, 0.3) is 0 Å². The van der Waals surface area contributed by atoms with Crippen molar-refractivity contribution >= 4 is 11.6 Å². The van der Waals surface area contributed by atoms with Crippen molar-refractivity contribution in [3.63, 3.8) is 0 Å². The summed E-state index contributed by atoms with van der Waals surface area (Å²) in [4.78, 5) is 22.4. The third-order valence-electron chi connectivity index (χ3n) is 4.95. The molecule has 7 nitrogen and oxygen atoms in total. The molecule has 2 heterocycles. The van der Waals surface area contributed by atoms with E-state index in [2.05, 4.69) is 15.3 Å². The highest BCUT2D eigenvalue weighted by Crippen LogP contribution is 2.22. The first-order valence-corrected chi connectivity index (χ1v) is 8.92. The number of benzene rings is 1. The fourth-order valence-corrected chi connectivity index (χ4v) is 3.43. The lowest BCUT2D eigenvalue weighted by Crippen LogP contribution is -2.05. The minimum Gasteiger partial charge on any atom is -0.497 e. The third-order valence-corrected chi connectivity index (χ3v) is 4.95. The van der Waals surface area contributed by atoms with Gasteiger partial charge in [-0.25, -0.2) is 0 Å². The van der Waals surface area contributed by atoms with E-state index >= 15 is 0 Å². The summed E-state index contributed by atoms with van der Waals surface area (Å²) in [6.45, 7) is 0.701. The van der Waals surface area contributed by atoms with E-state index in [0.717, 1.165) is 46.7 Å². The van der Waals surface area contributed by atoms with E-state index < -0.39 is 0 Å². The Hall–Kier alpha value is -3.22. The molecule has 0 atom stereocenters. The molecule has 3 aromatic rings. The summed E-state index contributed by atoms with van der Waals surface area (Å²) in [7, 11) is 1.65. The number of nitrogens with zero attached hydrogens (tertiary/aromatic N) is 3. The molecule has 0 amide bonds. The van der Waals surface area contributed by atoms with Crippen LogP contribution in [0.5, 0.6) is 5.75 Å². The number of hydrogen-bond acceptors (Lipinski definition) is 5. The fraction of sp³-hybridized carbons (Fsp3) is 0.300. The molecule has 1 N–H and O–H groups in total. The molecule has 0 saturated heterocycles. The smallest absolute Gasteiger partial charge is 0.166 e. The summed E-state index contributed by atoms with van der Waals surface area (Å²) in [6.07, 6.45) is 6.22. The van der Waals surface area contributed by atoms with Crippen LogP contribution in [0.3, 0.4) is 0 Å². The molecule has 0 radical (unpaired) electrons. The van der Waals surface area contributed by atoms with Gasteiger partial charge in [0, 0.05) is 18.5 Å². The van der Waals surface area contributed by atoms with Crippen LogP contribution in [0, 0.1) is 0 Å². The summed E-state index contributed by atoms with van der Waals surface area (Å²) in [5.74, 6) is 1.28. The Labute approximate surface area is 156 Å². The summed E-state index contributed by atoms with van der Waals surface area (Å²) in [5.41, 5.74) is 4.80. The summed E-state index contributed by atoms with van der Waals surface area (Å²) < 4.78 is 7.04. The highest BCUT2D eigenvalue weighted by molar-refractivity contribution is 6.00. The van der Waals surface area contributed by atoms with E-state index in [1.54, 1.807) is 19.5 Å². The first-order chi connectivity index (χ1) is 13.2. The lowest BCUT2D eigenvalue weighted by molar-refractivity contribution is 0.0986. The van der Waals surface area contributed by atoms with Crippen molar-refractivity contribution in [3.05, 3.63) is 64.7 Å². The quantitative estimate of drug-likeness (QED) is 0.771. The predicted molar refractivity (Wildman–Crippen MR) is 98.2 cm³/mol. The number of hydrogen-bond donors (Lipinski definition) is 1. The van der Waals surface area contributed by atoms with Crippen LogP contribution in [0.15, 0.2) is 36.7 Å². The van der Waals surface area contributed by atoms with Gasteiger partial charge in [0.25, 0.3) is 0 Å². The Bertz CT molecular complexity index is 985. The van der Waals surface area contributed by atoms with Crippen LogP contribution in [0.4, 0.5) is 0 Å². The Morgan fingerprint density at radius 3 is 2.48 bits per heavy atom. The molecule has 5 rings (SSSR count). The molecule has 0 fully saturated rings. The number of ketones is 2. The van der Waals surface area contributed by atoms with E-state index in [1.165, 1.54) is 0 Å². The number of H-pyrrole nitrogens is 1. The van der Waals surface area contributed by atoms with Gasteiger partial charge in [-0.15, -0.1) is 0 Å². The molecule has 27 heavy (non-hydrogen) atoms. The van der Waals surface area contributed by atoms with Crippen molar-refractivity contribution < 1.29 is 14.3 Å². The van der Waals surface area contributed by atoms with Gasteiger partial charge in [0.2, 0.25) is 0 Å². The average molecular weight is 364 g/mol. The van der Waals surface area contributed by atoms with Gasteiger partial charge in [-0.1, -0.05) is 12.1 Å². The van der Waals surface area contributed by atoms with Crippen molar-refractivity contribution in [2.24, 2.45) is 0 Å². The van der Waals surface area contributed by atoms with E-state index in [-0.39, 0.29) is 11.6 Å². The van der Waals surface area contributed by atoms with Crippen LogP contribution < -0.4 is 4.74 Å². The normalized spacial score (nSPS) is 14.6. The average Bonchev–Trinajstić information content (AvgIpc) is 3.44. The van der Waals surface area contributed by atoms with Gasteiger partial charge in [0.05, 0.1) is 42.9 Å².